The quantitative estimate of drug-likeness (QED) is 0.362. The van der Waals surface area contributed by atoms with E-state index in [1.807, 2.05) is 0 Å². The fourth-order valence-corrected chi connectivity index (χ4v) is 4.84. The molecule has 1 fully saturated rings. The molecule has 0 spiro atoms. The molecule has 4 aromatic rings. The molecule has 3 aromatic carbocycles. The Balaban J connectivity index is 1.29. The Morgan fingerprint density at radius 1 is 0.970 bits per heavy atom. The molecule has 1 aliphatic heterocycles. The lowest BCUT2D eigenvalue weighted by Gasteiger charge is -2.31. The molecule has 0 saturated carbocycles. The van der Waals surface area contributed by atoms with Gasteiger partial charge in [-0.3, -0.25) is 14.3 Å². The predicted molar refractivity (Wildman–Crippen MR) is 130 cm³/mol. The maximum Gasteiger partial charge on any atom is 0.421 e. The number of nitrogens with zero attached hydrogens (tertiary/aromatic N) is 2. The maximum atomic E-state index is 12.9. The smallest absolute Gasteiger partial charge is 0.408 e. The lowest BCUT2D eigenvalue weighted by atomic mass is 9.90. The van der Waals surface area contributed by atoms with Crippen molar-refractivity contribution < 1.29 is 9.21 Å². The summed E-state index contributed by atoms with van der Waals surface area (Å²) in [4.78, 5) is 27.7. The number of rotatable bonds is 6. The van der Waals surface area contributed by atoms with Gasteiger partial charge in [0.05, 0.1) is 17.2 Å². The largest absolute Gasteiger partial charge is 0.421 e. The molecule has 0 radical (unpaired) electrons. The van der Waals surface area contributed by atoms with Crippen molar-refractivity contribution in [2.45, 2.75) is 25.9 Å². The summed E-state index contributed by atoms with van der Waals surface area (Å²) in [5.74, 6) is 0.0667. The molecule has 33 heavy (non-hydrogen) atoms. The highest BCUT2D eigenvalue weighted by Gasteiger charge is 2.22. The van der Waals surface area contributed by atoms with E-state index in [4.69, 9.17) is 16.0 Å². The van der Waals surface area contributed by atoms with Crippen molar-refractivity contribution in [3.8, 4) is 0 Å². The van der Waals surface area contributed by atoms with Crippen LogP contribution >= 0.6 is 11.6 Å². The lowest BCUT2D eigenvalue weighted by molar-refractivity contribution is 0.103. The van der Waals surface area contributed by atoms with Crippen molar-refractivity contribution in [1.29, 1.82) is 0 Å². The van der Waals surface area contributed by atoms with Crippen molar-refractivity contribution in [2.75, 3.05) is 13.1 Å². The van der Waals surface area contributed by atoms with Crippen LogP contribution in [0.2, 0.25) is 5.02 Å². The number of piperidine rings is 1. The number of oxazole rings is 1. The van der Waals surface area contributed by atoms with Gasteiger partial charge in [-0.15, -0.1) is 0 Å². The Morgan fingerprint density at radius 3 is 2.45 bits per heavy atom. The van der Waals surface area contributed by atoms with E-state index < -0.39 is 5.76 Å². The van der Waals surface area contributed by atoms with Gasteiger partial charge in [0, 0.05) is 24.2 Å². The zero-order chi connectivity index (χ0) is 22.8. The van der Waals surface area contributed by atoms with Gasteiger partial charge in [0.2, 0.25) is 0 Å². The number of carbonyl (C=O) groups excluding carboxylic acids is 1. The molecule has 0 N–H and O–H groups in total. The van der Waals surface area contributed by atoms with Gasteiger partial charge < -0.3 is 4.42 Å². The van der Waals surface area contributed by atoms with E-state index in [9.17, 15) is 9.59 Å². The number of benzene rings is 3. The summed E-state index contributed by atoms with van der Waals surface area (Å²) in [7, 11) is 0. The zero-order valence-corrected chi connectivity index (χ0v) is 19.0. The highest BCUT2D eigenvalue weighted by Crippen LogP contribution is 2.24. The van der Waals surface area contributed by atoms with E-state index in [2.05, 4.69) is 35.2 Å². The highest BCUT2D eigenvalue weighted by atomic mass is 35.5. The number of hydrogen-bond acceptors (Lipinski definition) is 4. The average Bonchev–Trinajstić information content (AvgIpc) is 3.15. The Labute approximate surface area is 197 Å². The summed E-state index contributed by atoms with van der Waals surface area (Å²) in [5, 5.41) is 0.400. The number of fused-ring (bicyclic) bond motifs is 1. The van der Waals surface area contributed by atoms with Crippen LogP contribution in [0.15, 0.2) is 82.0 Å². The topological polar surface area (TPSA) is 55.5 Å². The Kier molecular flexibility index (Phi) is 6.16. The van der Waals surface area contributed by atoms with E-state index in [0.717, 1.165) is 32.4 Å². The van der Waals surface area contributed by atoms with Crippen molar-refractivity contribution in [3.05, 3.63) is 105 Å². The van der Waals surface area contributed by atoms with Gasteiger partial charge in [-0.25, -0.2) is 4.79 Å². The minimum atomic E-state index is -0.404. The standard InChI is InChI=1S/C27H25ClN2O3/c28-23-9-5-4-8-22(23)26(31)21-10-11-24-25(17-21)33-27(32)30(24)18-29-14-12-20(13-15-29)16-19-6-2-1-3-7-19/h1-11,17,20H,12-16,18H2. The summed E-state index contributed by atoms with van der Waals surface area (Å²) in [6.07, 6.45) is 3.32. The fraction of sp³-hybridized carbons (Fsp3) is 0.259. The van der Waals surface area contributed by atoms with Crippen LogP contribution in [0, 0.1) is 5.92 Å². The molecule has 168 valence electrons. The van der Waals surface area contributed by atoms with Gasteiger partial charge in [0.1, 0.15) is 0 Å². The monoisotopic (exact) mass is 460 g/mol. The summed E-state index contributed by atoms with van der Waals surface area (Å²) < 4.78 is 7.14. The minimum absolute atomic E-state index is 0.196. The molecule has 6 heteroatoms. The second kappa shape index (κ2) is 9.38. The Bertz CT molecular complexity index is 1330. The van der Waals surface area contributed by atoms with Gasteiger partial charge in [-0.1, -0.05) is 54.1 Å². The molecule has 2 heterocycles. The number of halogens is 1. The Hall–Kier alpha value is -3.15. The van der Waals surface area contributed by atoms with Gasteiger partial charge in [-0.05, 0) is 61.1 Å². The van der Waals surface area contributed by atoms with Crippen LogP contribution in [0.1, 0.15) is 34.3 Å². The third kappa shape index (κ3) is 4.65. The fourth-order valence-electron chi connectivity index (χ4n) is 4.62. The molecule has 0 unspecified atom stereocenters. The van der Waals surface area contributed by atoms with E-state index in [0.29, 0.717) is 39.8 Å². The summed E-state index contributed by atoms with van der Waals surface area (Å²) in [6.45, 7) is 2.38. The first kappa shape index (κ1) is 21.7. The maximum absolute atomic E-state index is 12.9. The third-order valence-corrected chi connectivity index (χ3v) is 6.79. The van der Waals surface area contributed by atoms with E-state index >= 15 is 0 Å². The molecular formula is C27H25ClN2O3. The predicted octanol–water partition coefficient (Wildman–Crippen LogP) is 5.39. The van der Waals surface area contributed by atoms with Crippen LogP contribution in [0.3, 0.4) is 0 Å². The zero-order valence-electron chi connectivity index (χ0n) is 18.2. The molecule has 0 atom stereocenters. The van der Waals surface area contributed by atoms with Crippen LogP contribution in [0.4, 0.5) is 0 Å². The van der Waals surface area contributed by atoms with Crippen LogP contribution in [0.5, 0.6) is 0 Å². The average molecular weight is 461 g/mol. The number of carbonyl (C=O) groups is 1. The van der Waals surface area contributed by atoms with Crippen molar-refractivity contribution in [1.82, 2.24) is 9.47 Å². The van der Waals surface area contributed by atoms with E-state index in [1.54, 1.807) is 47.0 Å². The first-order valence-corrected chi connectivity index (χ1v) is 11.6. The molecule has 1 aromatic heterocycles. The molecule has 0 amide bonds. The lowest BCUT2D eigenvalue weighted by Crippen LogP contribution is -2.37. The van der Waals surface area contributed by atoms with Crippen molar-refractivity contribution in [2.24, 2.45) is 5.92 Å². The molecule has 5 nitrogen and oxygen atoms in total. The third-order valence-electron chi connectivity index (χ3n) is 6.46. The van der Waals surface area contributed by atoms with Crippen molar-refractivity contribution >= 4 is 28.5 Å². The summed E-state index contributed by atoms with van der Waals surface area (Å²) in [5.41, 5.74) is 3.37. The second-order valence-electron chi connectivity index (χ2n) is 8.68. The van der Waals surface area contributed by atoms with Crippen LogP contribution in [-0.2, 0) is 13.1 Å². The van der Waals surface area contributed by atoms with Gasteiger partial charge in [0.15, 0.2) is 11.4 Å². The molecule has 1 saturated heterocycles. The van der Waals surface area contributed by atoms with Gasteiger partial charge in [0.25, 0.3) is 0 Å². The SMILES string of the molecule is O=C(c1ccc2c(c1)oc(=O)n2CN1CCC(Cc2ccccc2)CC1)c1ccccc1Cl. The number of aromatic nitrogens is 1. The first-order valence-electron chi connectivity index (χ1n) is 11.3. The van der Waals surface area contributed by atoms with Gasteiger partial charge >= 0.3 is 5.76 Å². The molecular weight excluding hydrogens is 436 g/mol. The second-order valence-corrected chi connectivity index (χ2v) is 9.09. The first-order chi connectivity index (χ1) is 16.1. The summed E-state index contributed by atoms with van der Waals surface area (Å²) >= 11 is 6.18. The van der Waals surface area contributed by atoms with Crippen molar-refractivity contribution in [3.63, 3.8) is 0 Å². The number of ketones is 1. The summed E-state index contributed by atoms with van der Waals surface area (Å²) in [6, 6.07) is 22.7. The number of hydrogen-bond donors (Lipinski definition) is 0. The highest BCUT2D eigenvalue weighted by molar-refractivity contribution is 6.35. The molecule has 0 aliphatic carbocycles. The minimum Gasteiger partial charge on any atom is -0.408 e. The van der Waals surface area contributed by atoms with E-state index in [1.165, 1.54) is 5.56 Å². The van der Waals surface area contributed by atoms with Crippen LogP contribution in [0.25, 0.3) is 11.1 Å². The van der Waals surface area contributed by atoms with Gasteiger partial charge in [-0.2, -0.15) is 0 Å². The van der Waals surface area contributed by atoms with Crippen LogP contribution in [-0.4, -0.2) is 28.3 Å². The normalized spacial score (nSPS) is 15.2. The van der Waals surface area contributed by atoms with Crippen LogP contribution < -0.4 is 5.76 Å². The Morgan fingerprint density at radius 2 is 1.70 bits per heavy atom. The number of likely N-dealkylation sites (tertiary alicyclic amines) is 1. The van der Waals surface area contributed by atoms with E-state index in [-0.39, 0.29) is 5.78 Å². The molecule has 0 bridgehead atoms. The molecule has 1 aliphatic rings. The molecule has 5 rings (SSSR count).